The molecular formula is C30H51N5O6S. The second-order valence-corrected chi connectivity index (χ2v) is 13.2. The third kappa shape index (κ3) is 9.47. The number of likely N-dealkylation sites (N-methyl/N-ethyl adjacent to an activating group) is 1. The van der Waals surface area contributed by atoms with Crippen LogP contribution in [0.15, 0.2) is 11.6 Å². The highest BCUT2D eigenvalue weighted by atomic mass is 32.1. The first-order valence-corrected chi connectivity index (χ1v) is 15.7. The first kappa shape index (κ1) is 35.6. The summed E-state index contributed by atoms with van der Waals surface area (Å²) in [6.07, 6.45) is 3.06. The number of carbonyl (C=O) groups is 4. The van der Waals surface area contributed by atoms with Gasteiger partial charge < -0.3 is 29.9 Å². The van der Waals surface area contributed by atoms with Crippen LogP contribution in [0.3, 0.4) is 0 Å². The number of amides is 4. The van der Waals surface area contributed by atoms with E-state index in [0.29, 0.717) is 13.1 Å². The van der Waals surface area contributed by atoms with Crippen LogP contribution < -0.4 is 10.6 Å². The Hall–Kier alpha value is -2.57. The number of methoxy groups -OCH3 is 2. The average molecular weight is 610 g/mol. The molecule has 6 unspecified atom stereocenters. The van der Waals surface area contributed by atoms with Gasteiger partial charge in [0.15, 0.2) is 0 Å². The number of likely N-dealkylation sites (tertiary alicyclic amines) is 1. The van der Waals surface area contributed by atoms with E-state index in [0.717, 1.165) is 24.3 Å². The van der Waals surface area contributed by atoms with E-state index in [-0.39, 0.29) is 54.6 Å². The minimum Gasteiger partial charge on any atom is -0.379 e. The van der Waals surface area contributed by atoms with Crippen LogP contribution in [0.5, 0.6) is 0 Å². The van der Waals surface area contributed by atoms with E-state index >= 15 is 0 Å². The summed E-state index contributed by atoms with van der Waals surface area (Å²) in [5.74, 6) is -1.15. The molecule has 11 nitrogen and oxygen atoms in total. The molecular weight excluding hydrogens is 558 g/mol. The zero-order valence-electron chi connectivity index (χ0n) is 26.8. The number of ether oxygens (including phenoxy) is 2. The maximum atomic E-state index is 13.8. The van der Waals surface area contributed by atoms with Crippen LogP contribution in [-0.2, 0) is 35.2 Å². The first-order valence-electron chi connectivity index (χ1n) is 14.8. The van der Waals surface area contributed by atoms with Gasteiger partial charge in [-0.2, -0.15) is 0 Å². The molecule has 42 heavy (non-hydrogen) atoms. The SMILES string of the molecule is CCC(C)C(C(CC(=O)N1CCCC1C(OC)C(C)C(=O)NCc1nccs1)OC)N(C)C(=O)CNC(=O)C(C)(C)C. The lowest BCUT2D eigenvalue weighted by Gasteiger charge is -2.39. The molecule has 6 atom stereocenters. The van der Waals surface area contributed by atoms with Crippen molar-refractivity contribution in [2.75, 3.05) is 34.4 Å². The van der Waals surface area contributed by atoms with E-state index in [1.807, 2.05) is 31.1 Å². The van der Waals surface area contributed by atoms with Crippen molar-refractivity contribution in [3.05, 3.63) is 16.6 Å². The second kappa shape index (κ2) is 16.3. The number of nitrogens with one attached hydrogen (secondary N) is 2. The maximum Gasteiger partial charge on any atom is 0.242 e. The zero-order chi connectivity index (χ0) is 31.6. The molecule has 0 aromatic carbocycles. The Bertz CT molecular complexity index is 1030. The Balaban J connectivity index is 2.12. The third-order valence-corrected chi connectivity index (χ3v) is 9.06. The Morgan fingerprint density at radius 1 is 1.17 bits per heavy atom. The van der Waals surface area contributed by atoms with E-state index in [1.54, 1.807) is 53.1 Å². The lowest BCUT2D eigenvalue weighted by molar-refractivity contribution is -0.146. The molecule has 1 aliphatic rings. The smallest absolute Gasteiger partial charge is 0.242 e. The number of rotatable bonds is 15. The van der Waals surface area contributed by atoms with Gasteiger partial charge in [-0.15, -0.1) is 11.3 Å². The molecule has 2 N–H and O–H groups in total. The first-order chi connectivity index (χ1) is 19.8. The van der Waals surface area contributed by atoms with Gasteiger partial charge in [0.25, 0.3) is 0 Å². The van der Waals surface area contributed by atoms with Gasteiger partial charge in [-0.05, 0) is 18.8 Å². The Morgan fingerprint density at radius 3 is 2.40 bits per heavy atom. The van der Waals surface area contributed by atoms with Crippen LogP contribution in [0.25, 0.3) is 0 Å². The molecule has 1 aromatic rings. The molecule has 0 radical (unpaired) electrons. The Labute approximate surface area is 255 Å². The van der Waals surface area contributed by atoms with Gasteiger partial charge >= 0.3 is 0 Å². The van der Waals surface area contributed by atoms with Crippen molar-refractivity contribution in [3.63, 3.8) is 0 Å². The summed E-state index contributed by atoms with van der Waals surface area (Å²) in [5.41, 5.74) is -0.609. The van der Waals surface area contributed by atoms with Crippen LogP contribution in [0.4, 0.5) is 0 Å². The minimum atomic E-state index is -0.609. The van der Waals surface area contributed by atoms with Crippen molar-refractivity contribution in [1.82, 2.24) is 25.4 Å². The monoisotopic (exact) mass is 609 g/mol. The summed E-state index contributed by atoms with van der Waals surface area (Å²) in [7, 11) is 4.83. The van der Waals surface area contributed by atoms with Gasteiger partial charge in [-0.3, -0.25) is 19.2 Å². The quantitative estimate of drug-likeness (QED) is 0.313. The predicted molar refractivity (Wildman–Crippen MR) is 163 cm³/mol. The molecule has 2 heterocycles. The Kier molecular flexibility index (Phi) is 13.8. The van der Waals surface area contributed by atoms with Crippen LogP contribution in [0, 0.1) is 17.3 Å². The fourth-order valence-corrected chi connectivity index (χ4v) is 6.09. The van der Waals surface area contributed by atoms with Crippen LogP contribution in [0.1, 0.15) is 72.2 Å². The van der Waals surface area contributed by atoms with Gasteiger partial charge in [0.1, 0.15) is 5.01 Å². The van der Waals surface area contributed by atoms with Crippen molar-refractivity contribution in [3.8, 4) is 0 Å². The van der Waals surface area contributed by atoms with Crippen molar-refractivity contribution < 1.29 is 28.7 Å². The Morgan fingerprint density at radius 2 is 1.86 bits per heavy atom. The fraction of sp³-hybridized carbons (Fsp3) is 0.767. The van der Waals surface area contributed by atoms with Crippen molar-refractivity contribution >= 4 is 35.0 Å². The molecule has 1 saturated heterocycles. The van der Waals surface area contributed by atoms with Gasteiger partial charge in [0, 0.05) is 44.8 Å². The fourth-order valence-electron chi connectivity index (χ4n) is 5.54. The lowest BCUT2D eigenvalue weighted by Crippen LogP contribution is -2.54. The van der Waals surface area contributed by atoms with E-state index in [4.69, 9.17) is 9.47 Å². The molecule has 1 fully saturated rings. The number of hydrogen-bond acceptors (Lipinski definition) is 8. The third-order valence-electron chi connectivity index (χ3n) is 8.28. The normalized spacial score (nSPS) is 19.0. The number of hydrogen-bond donors (Lipinski definition) is 2. The van der Waals surface area contributed by atoms with Gasteiger partial charge in [0.05, 0.1) is 49.7 Å². The van der Waals surface area contributed by atoms with Crippen molar-refractivity contribution in [1.29, 1.82) is 0 Å². The maximum absolute atomic E-state index is 13.8. The van der Waals surface area contributed by atoms with E-state index in [9.17, 15) is 19.2 Å². The summed E-state index contributed by atoms with van der Waals surface area (Å²) in [6.45, 7) is 12.1. The van der Waals surface area contributed by atoms with Crippen molar-refractivity contribution in [2.45, 2.75) is 98.1 Å². The molecule has 0 bridgehead atoms. The molecule has 0 spiro atoms. The lowest BCUT2D eigenvalue weighted by atomic mass is 9.90. The molecule has 1 aromatic heterocycles. The number of carbonyl (C=O) groups excluding carboxylic acids is 4. The van der Waals surface area contributed by atoms with E-state index in [2.05, 4.69) is 15.6 Å². The largest absolute Gasteiger partial charge is 0.379 e. The van der Waals surface area contributed by atoms with Crippen molar-refractivity contribution in [2.24, 2.45) is 17.3 Å². The highest BCUT2D eigenvalue weighted by molar-refractivity contribution is 7.09. The van der Waals surface area contributed by atoms with Gasteiger partial charge in [0.2, 0.25) is 23.6 Å². The van der Waals surface area contributed by atoms with Crippen LogP contribution >= 0.6 is 11.3 Å². The van der Waals surface area contributed by atoms with Crippen LogP contribution in [0.2, 0.25) is 0 Å². The highest BCUT2D eigenvalue weighted by Crippen LogP contribution is 2.29. The summed E-state index contributed by atoms with van der Waals surface area (Å²) >= 11 is 1.48. The number of nitrogens with zero attached hydrogens (tertiary/aromatic N) is 3. The standard InChI is InChI=1S/C30H51N5O6S/c1-10-19(2)26(34(7)25(37)18-33-29(39)30(4,5)6)22(40-8)16-24(36)35-14-11-12-21(35)27(41-9)20(3)28(38)32-17-23-31-13-15-42-23/h13,15,19-22,26-27H,10-12,14,16-18H2,1-9H3,(H,32,38)(H,33,39). The zero-order valence-corrected chi connectivity index (χ0v) is 27.6. The predicted octanol–water partition coefficient (Wildman–Crippen LogP) is 2.84. The summed E-state index contributed by atoms with van der Waals surface area (Å²) in [4.78, 5) is 59.9. The molecule has 4 amide bonds. The number of aromatic nitrogens is 1. The van der Waals surface area contributed by atoms with Gasteiger partial charge in [-0.25, -0.2) is 4.98 Å². The molecule has 2 rings (SSSR count). The molecule has 12 heteroatoms. The molecule has 0 saturated carbocycles. The summed E-state index contributed by atoms with van der Waals surface area (Å²) < 4.78 is 11.7. The molecule has 0 aliphatic carbocycles. The average Bonchev–Trinajstić information content (AvgIpc) is 3.66. The van der Waals surface area contributed by atoms with Crippen LogP contribution in [-0.4, -0.2) is 97.1 Å². The minimum absolute atomic E-state index is 0.0395. The molecule has 238 valence electrons. The second-order valence-electron chi connectivity index (χ2n) is 12.2. The number of thiazole rings is 1. The topological polar surface area (TPSA) is 130 Å². The molecule has 1 aliphatic heterocycles. The summed E-state index contributed by atoms with van der Waals surface area (Å²) in [6, 6.07) is -0.632. The van der Waals surface area contributed by atoms with Gasteiger partial charge in [-0.1, -0.05) is 48.0 Å². The van der Waals surface area contributed by atoms with E-state index < -0.39 is 23.5 Å². The summed E-state index contributed by atoms with van der Waals surface area (Å²) in [5, 5.41) is 8.34. The van der Waals surface area contributed by atoms with E-state index in [1.165, 1.54) is 11.3 Å². The highest BCUT2D eigenvalue weighted by Gasteiger charge is 2.42.